The average molecular weight is 241 g/mol. The molecule has 0 aliphatic carbocycles. The molecule has 0 bridgehead atoms. The number of rotatable bonds is 1. The molecule has 0 aromatic carbocycles. The van der Waals surface area contributed by atoms with Gasteiger partial charge in [-0.1, -0.05) is 0 Å². The highest BCUT2D eigenvalue weighted by atomic mass is 16.2. The second kappa shape index (κ2) is 4.30. The maximum atomic E-state index is 12.2. The molecular formula is C12H11N5O. The normalized spacial score (nSPS) is 10.1. The fourth-order valence-electron chi connectivity index (χ4n) is 1.60. The maximum absolute atomic E-state index is 12.2. The van der Waals surface area contributed by atoms with Crippen molar-refractivity contribution in [3.05, 3.63) is 41.0 Å². The molecule has 2 heterocycles. The number of anilines is 1. The van der Waals surface area contributed by atoms with E-state index in [1.54, 1.807) is 13.8 Å². The van der Waals surface area contributed by atoms with E-state index in [-0.39, 0.29) is 11.6 Å². The van der Waals surface area contributed by atoms with Crippen LogP contribution >= 0.6 is 0 Å². The number of nitrogens with two attached hydrogens (primary N) is 1. The molecule has 6 nitrogen and oxygen atoms in total. The number of aromatic nitrogens is 3. The largest absolute Gasteiger partial charge is 0.396 e. The Morgan fingerprint density at radius 3 is 2.78 bits per heavy atom. The molecule has 0 spiro atoms. The number of hydrogen-bond acceptors (Lipinski definition) is 5. The fraction of sp³-hybridized carbons (Fsp3) is 0.167. The van der Waals surface area contributed by atoms with Crippen molar-refractivity contribution < 1.29 is 4.79 Å². The molecule has 2 N–H and O–H groups in total. The van der Waals surface area contributed by atoms with Gasteiger partial charge in [-0.25, -0.2) is 4.98 Å². The average Bonchev–Trinajstić information content (AvgIpc) is 2.65. The van der Waals surface area contributed by atoms with Crippen molar-refractivity contribution in [2.75, 3.05) is 5.73 Å². The van der Waals surface area contributed by atoms with Gasteiger partial charge in [-0.2, -0.15) is 15.0 Å². The van der Waals surface area contributed by atoms with Crippen LogP contribution in [-0.4, -0.2) is 20.7 Å². The van der Waals surface area contributed by atoms with Gasteiger partial charge in [-0.15, -0.1) is 0 Å². The number of nitrogen functional groups attached to an aromatic ring is 1. The lowest BCUT2D eigenvalue weighted by atomic mass is 10.2. The first-order chi connectivity index (χ1) is 8.54. The molecule has 90 valence electrons. The number of nitriles is 1. The Morgan fingerprint density at radius 2 is 2.22 bits per heavy atom. The molecule has 0 unspecified atom stereocenters. The van der Waals surface area contributed by atoms with Crippen molar-refractivity contribution in [1.29, 1.82) is 5.26 Å². The van der Waals surface area contributed by atoms with E-state index < -0.39 is 0 Å². The van der Waals surface area contributed by atoms with Crippen LogP contribution in [0.5, 0.6) is 0 Å². The van der Waals surface area contributed by atoms with Gasteiger partial charge < -0.3 is 5.73 Å². The summed E-state index contributed by atoms with van der Waals surface area (Å²) in [6.07, 6.45) is 1.42. The van der Waals surface area contributed by atoms with Gasteiger partial charge in [0.25, 0.3) is 5.91 Å². The molecule has 2 rings (SSSR count). The highest BCUT2D eigenvalue weighted by Crippen LogP contribution is 2.16. The third kappa shape index (κ3) is 1.82. The van der Waals surface area contributed by atoms with Gasteiger partial charge in [0.05, 0.1) is 17.1 Å². The minimum absolute atomic E-state index is 0.190. The number of carbonyl (C=O) groups is 1. The molecular weight excluding hydrogens is 230 g/mol. The lowest BCUT2D eigenvalue weighted by Crippen LogP contribution is -2.15. The Bertz CT molecular complexity index is 666. The summed E-state index contributed by atoms with van der Waals surface area (Å²) in [5.74, 6) is -0.328. The van der Waals surface area contributed by atoms with Gasteiger partial charge in [0.1, 0.15) is 11.8 Å². The topological polar surface area (TPSA) is 97.6 Å². The van der Waals surface area contributed by atoms with Crippen LogP contribution in [0.15, 0.2) is 18.3 Å². The fourth-order valence-corrected chi connectivity index (χ4v) is 1.60. The van der Waals surface area contributed by atoms with Crippen molar-refractivity contribution in [3.8, 4) is 6.07 Å². The Balaban J connectivity index is 2.48. The zero-order valence-corrected chi connectivity index (χ0v) is 10.0. The molecule has 0 radical (unpaired) electrons. The Hall–Kier alpha value is -2.68. The van der Waals surface area contributed by atoms with Crippen LogP contribution in [0.25, 0.3) is 0 Å². The van der Waals surface area contributed by atoms with Gasteiger partial charge in [0.2, 0.25) is 0 Å². The van der Waals surface area contributed by atoms with Crippen LogP contribution in [0, 0.1) is 25.2 Å². The van der Waals surface area contributed by atoms with Crippen molar-refractivity contribution >= 4 is 11.6 Å². The third-order valence-corrected chi connectivity index (χ3v) is 2.66. The predicted octanol–water partition coefficient (Wildman–Crippen LogP) is 1.04. The molecule has 2 aromatic heterocycles. The Kier molecular flexibility index (Phi) is 2.81. The van der Waals surface area contributed by atoms with Crippen molar-refractivity contribution in [3.63, 3.8) is 0 Å². The summed E-state index contributed by atoms with van der Waals surface area (Å²) in [5, 5.41) is 12.8. The van der Waals surface area contributed by atoms with E-state index >= 15 is 0 Å². The Labute approximate surface area is 104 Å². The summed E-state index contributed by atoms with van der Waals surface area (Å²) in [6.45, 7) is 3.46. The molecule has 2 aromatic rings. The first kappa shape index (κ1) is 11.8. The van der Waals surface area contributed by atoms with E-state index in [1.165, 1.54) is 23.0 Å². The van der Waals surface area contributed by atoms with Crippen molar-refractivity contribution in [1.82, 2.24) is 14.8 Å². The van der Waals surface area contributed by atoms with Crippen molar-refractivity contribution in [2.45, 2.75) is 13.8 Å². The molecule has 6 heteroatoms. The summed E-state index contributed by atoms with van der Waals surface area (Å²) in [7, 11) is 0. The SMILES string of the molecule is Cc1nn(C(=O)c2ccnc(C#N)c2)c(C)c1N. The molecule has 0 aliphatic heterocycles. The number of carbonyl (C=O) groups excluding carboxylic acids is 1. The van der Waals surface area contributed by atoms with Crippen LogP contribution in [0.2, 0.25) is 0 Å². The zero-order chi connectivity index (χ0) is 13.3. The second-order valence-corrected chi connectivity index (χ2v) is 3.84. The van der Waals surface area contributed by atoms with E-state index in [0.717, 1.165) is 0 Å². The van der Waals surface area contributed by atoms with Gasteiger partial charge in [0.15, 0.2) is 0 Å². The minimum Gasteiger partial charge on any atom is -0.396 e. The van der Waals surface area contributed by atoms with E-state index in [1.807, 2.05) is 6.07 Å². The number of pyridine rings is 1. The summed E-state index contributed by atoms with van der Waals surface area (Å²) in [5.41, 5.74) is 8.01. The van der Waals surface area contributed by atoms with Crippen LogP contribution in [0.1, 0.15) is 27.4 Å². The highest BCUT2D eigenvalue weighted by molar-refractivity contribution is 5.96. The predicted molar refractivity (Wildman–Crippen MR) is 64.8 cm³/mol. The number of nitrogens with zero attached hydrogens (tertiary/aromatic N) is 4. The van der Waals surface area contributed by atoms with Crippen LogP contribution in [0.4, 0.5) is 5.69 Å². The molecule has 0 saturated carbocycles. The second-order valence-electron chi connectivity index (χ2n) is 3.84. The highest BCUT2D eigenvalue weighted by Gasteiger charge is 2.16. The summed E-state index contributed by atoms with van der Waals surface area (Å²) >= 11 is 0. The van der Waals surface area contributed by atoms with Gasteiger partial charge in [-0.05, 0) is 26.0 Å². The van der Waals surface area contributed by atoms with E-state index in [9.17, 15) is 4.79 Å². The van der Waals surface area contributed by atoms with Crippen molar-refractivity contribution in [2.24, 2.45) is 0 Å². The van der Waals surface area contributed by atoms with Crippen LogP contribution < -0.4 is 5.73 Å². The quantitative estimate of drug-likeness (QED) is 0.804. The molecule has 18 heavy (non-hydrogen) atoms. The molecule has 0 amide bonds. The van der Waals surface area contributed by atoms with Crippen LogP contribution in [0.3, 0.4) is 0 Å². The van der Waals surface area contributed by atoms with E-state index in [2.05, 4.69) is 10.1 Å². The lowest BCUT2D eigenvalue weighted by molar-refractivity contribution is 0.0942. The third-order valence-electron chi connectivity index (χ3n) is 2.66. The smallest absolute Gasteiger partial charge is 0.278 e. The molecule has 0 saturated heterocycles. The Morgan fingerprint density at radius 1 is 1.50 bits per heavy atom. The minimum atomic E-state index is -0.328. The molecule has 0 fully saturated rings. The first-order valence-corrected chi connectivity index (χ1v) is 5.27. The first-order valence-electron chi connectivity index (χ1n) is 5.27. The summed E-state index contributed by atoms with van der Waals surface area (Å²) in [4.78, 5) is 16.0. The number of hydrogen-bond donors (Lipinski definition) is 1. The molecule has 0 atom stereocenters. The van der Waals surface area contributed by atoms with Gasteiger partial charge in [-0.3, -0.25) is 4.79 Å². The van der Waals surface area contributed by atoms with Gasteiger partial charge >= 0.3 is 0 Å². The summed E-state index contributed by atoms with van der Waals surface area (Å²) < 4.78 is 1.24. The summed E-state index contributed by atoms with van der Waals surface area (Å²) in [6, 6.07) is 4.85. The number of aryl methyl sites for hydroxylation is 1. The lowest BCUT2D eigenvalue weighted by Gasteiger charge is -2.03. The van der Waals surface area contributed by atoms with E-state index in [0.29, 0.717) is 22.6 Å². The van der Waals surface area contributed by atoms with Gasteiger partial charge in [0, 0.05) is 11.8 Å². The zero-order valence-electron chi connectivity index (χ0n) is 10.0. The van der Waals surface area contributed by atoms with Crippen LogP contribution in [-0.2, 0) is 0 Å². The molecule has 0 aliphatic rings. The monoisotopic (exact) mass is 241 g/mol. The van der Waals surface area contributed by atoms with E-state index in [4.69, 9.17) is 11.0 Å². The standard InChI is InChI=1S/C12H11N5O/c1-7-11(14)8(2)17(16-7)12(18)9-3-4-15-10(5-9)6-13/h3-5H,14H2,1-2H3. The maximum Gasteiger partial charge on any atom is 0.278 e.